The summed E-state index contributed by atoms with van der Waals surface area (Å²) in [7, 11) is 0. The maximum Gasteiger partial charge on any atom is 0.318 e. The van der Waals surface area contributed by atoms with Crippen LogP contribution in [0.2, 0.25) is 0 Å². The van der Waals surface area contributed by atoms with E-state index in [4.69, 9.17) is 4.74 Å². The zero-order chi connectivity index (χ0) is 14.7. The van der Waals surface area contributed by atoms with Crippen LogP contribution in [0.4, 0.5) is 0 Å². The molecule has 0 aromatic rings. The molecule has 0 aliphatic carbocycles. The molecule has 2 aliphatic rings. The van der Waals surface area contributed by atoms with Crippen molar-refractivity contribution < 1.29 is 14.3 Å². The molecule has 2 aliphatic heterocycles. The third-order valence-electron chi connectivity index (χ3n) is 4.85. The molecule has 0 bridgehead atoms. The van der Waals surface area contributed by atoms with Crippen LogP contribution in [0.1, 0.15) is 52.9 Å². The topological polar surface area (TPSA) is 46.6 Å². The fraction of sp³-hybridized carbons (Fsp3) is 0.875. The molecule has 0 radical (unpaired) electrons. The van der Waals surface area contributed by atoms with E-state index >= 15 is 0 Å². The van der Waals surface area contributed by atoms with Crippen LogP contribution in [-0.2, 0) is 14.3 Å². The second kappa shape index (κ2) is 6.70. The standard InChI is InChI=1S/C16H27NO3/c1-4-8-12-11(5-2)15(18)14(16(19)20-6-3)13-9-7-10-17(12)13/h11-14H,4-10H2,1-3H3/t11-,12-,13-,14-/m1/s1. The van der Waals surface area contributed by atoms with E-state index in [9.17, 15) is 9.59 Å². The Morgan fingerprint density at radius 2 is 2.10 bits per heavy atom. The molecule has 0 aromatic carbocycles. The molecule has 0 unspecified atom stereocenters. The van der Waals surface area contributed by atoms with E-state index in [1.165, 1.54) is 0 Å². The Morgan fingerprint density at radius 3 is 2.70 bits per heavy atom. The van der Waals surface area contributed by atoms with Crippen LogP contribution in [0.5, 0.6) is 0 Å². The van der Waals surface area contributed by atoms with E-state index in [0.717, 1.165) is 38.6 Å². The Morgan fingerprint density at radius 1 is 1.35 bits per heavy atom. The fourth-order valence-corrected chi connectivity index (χ4v) is 4.07. The number of carbonyl (C=O) groups excluding carboxylic acids is 2. The molecule has 0 aromatic heterocycles. The molecule has 0 N–H and O–H groups in total. The Bertz CT molecular complexity index is 369. The van der Waals surface area contributed by atoms with Gasteiger partial charge in [0.1, 0.15) is 5.92 Å². The van der Waals surface area contributed by atoms with Crippen molar-refractivity contribution in [1.29, 1.82) is 0 Å². The van der Waals surface area contributed by atoms with Gasteiger partial charge in [-0.25, -0.2) is 0 Å². The molecule has 2 rings (SSSR count). The van der Waals surface area contributed by atoms with Crippen molar-refractivity contribution in [3.63, 3.8) is 0 Å². The van der Waals surface area contributed by atoms with Crippen molar-refractivity contribution in [2.75, 3.05) is 13.2 Å². The summed E-state index contributed by atoms with van der Waals surface area (Å²) in [4.78, 5) is 27.4. The number of hydrogen-bond donors (Lipinski definition) is 0. The average molecular weight is 281 g/mol. The van der Waals surface area contributed by atoms with Gasteiger partial charge in [-0.2, -0.15) is 0 Å². The zero-order valence-corrected chi connectivity index (χ0v) is 12.9. The van der Waals surface area contributed by atoms with Gasteiger partial charge < -0.3 is 4.74 Å². The molecule has 0 spiro atoms. The summed E-state index contributed by atoms with van der Waals surface area (Å²) in [5.74, 6) is -0.718. The molecule has 4 heteroatoms. The first-order valence-corrected chi connectivity index (χ1v) is 8.11. The van der Waals surface area contributed by atoms with E-state index in [0.29, 0.717) is 12.6 Å². The summed E-state index contributed by atoms with van der Waals surface area (Å²) in [6.45, 7) is 7.40. The smallest absolute Gasteiger partial charge is 0.318 e. The molecule has 0 amide bonds. The van der Waals surface area contributed by atoms with Gasteiger partial charge >= 0.3 is 5.97 Å². The first-order chi connectivity index (χ1) is 9.65. The monoisotopic (exact) mass is 281 g/mol. The van der Waals surface area contributed by atoms with Crippen molar-refractivity contribution in [2.45, 2.75) is 65.0 Å². The number of piperidine rings is 1. The minimum absolute atomic E-state index is 0.00120. The van der Waals surface area contributed by atoms with E-state index in [2.05, 4.69) is 18.7 Å². The lowest BCUT2D eigenvalue weighted by Gasteiger charge is -2.45. The molecule has 2 heterocycles. The van der Waals surface area contributed by atoms with Gasteiger partial charge in [-0.15, -0.1) is 0 Å². The van der Waals surface area contributed by atoms with Crippen LogP contribution in [0.25, 0.3) is 0 Å². The normalized spacial score (nSPS) is 34.0. The molecule has 2 fully saturated rings. The molecular formula is C16H27NO3. The minimum atomic E-state index is -0.546. The first-order valence-electron chi connectivity index (χ1n) is 8.11. The molecule has 4 nitrogen and oxygen atoms in total. The highest BCUT2D eigenvalue weighted by Gasteiger charge is 2.52. The predicted molar refractivity (Wildman–Crippen MR) is 77.3 cm³/mol. The van der Waals surface area contributed by atoms with Gasteiger partial charge in [0.15, 0.2) is 5.78 Å². The number of Topliss-reactive ketones (excluding diaryl/α,β-unsaturated/α-hetero) is 1. The summed E-state index contributed by atoms with van der Waals surface area (Å²) < 4.78 is 5.16. The number of rotatable bonds is 5. The number of ether oxygens (including phenoxy) is 1. The van der Waals surface area contributed by atoms with Crippen LogP contribution in [0, 0.1) is 11.8 Å². The molecule has 2 saturated heterocycles. The Hall–Kier alpha value is -0.900. The maximum atomic E-state index is 12.8. The first kappa shape index (κ1) is 15.5. The third kappa shape index (κ3) is 2.62. The Labute approximate surface area is 121 Å². The van der Waals surface area contributed by atoms with Gasteiger partial charge in [-0.3, -0.25) is 14.5 Å². The summed E-state index contributed by atoms with van der Waals surface area (Å²) in [6.07, 6.45) is 5.00. The number of nitrogens with zero attached hydrogens (tertiary/aromatic N) is 1. The lowest BCUT2D eigenvalue weighted by atomic mass is 9.75. The maximum absolute atomic E-state index is 12.8. The second-order valence-corrected chi connectivity index (χ2v) is 5.95. The fourth-order valence-electron chi connectivity index (χ4n) is 4.07. The Kier molecular flexibility index (Phi) is 5.19. The lowest BCUT2D eigenvalue weighted by Crippen LogP contribution is -2.59. The quantitative estimate of drug-likeness (QED) is 0.573. The van der Waals surface area contributed by atoms with Crippen molar-refractivity contribution in [3.05, 3.63) is 0 Å². The number of esters is 1. The van der Waals surface area contributed by atoms with E-state index in [1.807, 2.05) is 0 Å². The van der Waals surface area contributed by atoms with Gasteiger partial charge in [0, 0.05) is 18.0 Å². The van der Waals surface area contributed by atoms with Gasteiger partial charge in [0.25, 0.3) is 0 Å². The minimum Gasteiger partial charge on any atom is -0.465 e. The Balaban J connectivity index is 2.27. The van der Waals surface area contributed by atoms with Crippen molar-refractivity contribution in [2.24, 2.45) is 11.8 Å². The van der Waals surface area contributed by atoms with Gasteiger partial charge in [0.05, 0.1) is 6.61 Å². The van der Waals surface area contributed by atoms with Gasteiger partial charge in [-0.05, 0) is 39.2 Å². The number of ketones is 1. The van der Waals surface area contributed by atoms with Crippen molar-refractivity contribution in [1.82, 2.24) is 4.90 Å². The number of fused-ring (bicyclic) bond motifs is 1. The summed E-state index contributed by atoms with van der Waals surface area (Å²) in [5, 5.41) is 0. The summed E-state index contributed by atoms with van der Waals surface area (Å²) >= 11 is 0. The molecule has 20 heavy (non-hydrogen) atoms. The SMILES string of the molecule is CCC[C@@H]1[C@@H](CC)C(=O)[C@H](C(=O)OCC)[C@H]2CCCN21. The van der Waals surface area contributed by atoms with Crippen LogP contribution in [0.15, 0.2) is 0 Å². The molecular weight excluding hydrogens is 254 g/mol. The van der Waals surface area contributed by atoms with Crippen LogP contribution < -0.4 is 0 Å². The van der Waals surface area contributed by atoms with Crippen molar-refractivity contribution >= 4 is 11.8 Å². The predicted octanol–water partition coefficient (Wildman–Crippen LogP) is 2.41. The van der Waals surface area contributed by atoms with Crippen molar-refractivity contribution in [3.8, 4) is 0 Å². The second-order valence-electron chi connectivity index (χ2n) is 5.95. The zero-order valence-electron chi connectivity index (χ0n) is 12.9. The van der Waals surface area contributed by atoms with Crippen LogP contribution in [0.3, 0.4) is 0 Å². The highest BCUT2D eigenvalue weighted by molar-refractivity contribution is 6.02. The highest BCUT2D eigenvalue weighted by Crippen LogP contribution is 2.39. The third-order valence-corrected chi connectivity index (χ3v) is 4.85. The van der Waals surface area contributed by atoms with E-state index in [1.54, 1.807) is 6.92 Å². The molecule has 4 atom stereocenters. The summed E-state index contributed by atoms with van der Waals surface area (Å²) in [6, 6.07) is 0.413. The van der Waals surface area contributed by atoms with Crippen LogP contribution >= 0.6 is 0 Å². The number of hydrogen-bond acceptors (Lipinski definition) is 4. The highest BCUT2D eigenvalue weighted by atomic mass is 16.5. The van der Waals surface area contributed by atoms with E-state index in [-0.39, 0.29) is 23.7 Å². The van der Waals surface area contributed by atoms with E-state index < -0.39 is 5.92 Å². The molecule has 114 valence electrons. The van der Waals surface area contributed by atoms with Crippen LogP contribution in [-0.4, -0.2) is 41.9 Å². The van der Waals surface area contributed by atoms with Gasteiger partial charge in [0.2, 0.25) is 0 Å². The average Bonchev–Trinajstić information content (AvgIpc) is 2.88. The number of carbonyl (C=O) groups is 2. The largest absolute Gasteiger partial charge is 0.465 e. The van der Waals surface area contributed by atoms with Gasteiger partial charge in [-0.1, -0.05) is 20.3 Å². The lowest BCUT2D eigenvalue weighted by molar-refractivity contribution is -0.160. The summed E-state index contributed by atoms with van der Waals surface area (Å²) in [5.41, 5.74) is 0. The molecule has 0 saturated carbocycles.